The lowest BCUT2D eigenvalue weighted by molar-refractivity contribution is -0.108. The Hall–Kier alpha value is -2.45. The van der Waals surface area contributed by atoms with Crippen molar-refractivity contribution in [1.82, 2.24) is 0 Å². The number of hydrogen-bond donors (Lipinski definition) is 0. The predicted octanol–water partition coefficient (Wildman–Crippen LogP) is 2.68. The molecule has 2 aromatic carbocycles. The lowest BCUT2D eigenvalue weighted by Gasteiger charge is -2.16. The van der Waals surface area contributed by atoms with Crippen LogP contribution in [-0.2, 0) is 14.6 Å². The van der Waals surface area contributed by atoms with Crippen LogP contribution < -0.4 is 0 Å². The molecule has 0 amide bonds. The van der Waals surface area contributed by atoms with Crippen molar-refractivity contribution in [3.05, 3.63) is 65.2 Å². The van der Waals surface area contributed by atoms with Gasteiger partial charge in [0.2, 0.25) is 0 Å². The van der Waals surface area contributed by atoms with Gasteiger partial charge in [0.05, 0.1) is 16.5 Å². The van der Waals surface area contributed by atoms with E-state index in [2.05, 4.69) is 6.07 Å². The van der Waals surface area contributed by atoms with Crippen molar-refractivity contribution in [2.24, 2.45) is 0 Å². The van der Waals surface area contributed by atoms with Gasteiger partial charge in [0.25, 0.3) is 0 Å². The van der Waals surface area contributed by atoms with E-state index in [-0.39, 0.29) is 17.2 Å². The van der Waals surface area contributed by atoms with E-state index in [9.17, 15) is 13.2 Å². The maximum atomic E-state index is 11.5. The number of nitrogens with zero attached hydrogens (tertiary/aromatic N) is 1. The quantitative estimate of drug-likeness (QED) is 0.795. The van der Waals surface area contributed by atoms with Crippen LogP contribution in [0.4, 0.5) is 0 Å². The van der Waals surface area contributed by atoms with Crippen LogP contribution >= 0.6 is 0 Å². The summed E-state index contributed by atoms with van der Waals surface area (Å²) in [4.78, 5) is 11.2. The first-order chi connectivity index (χ1) is 10.5. The van der Waals surface area contributed by atoms with Gasteiger partial charge in [-0.25, -0.2) is 8.42 Å². The molecule has 0 bridgehead atoms. The minimum atomic E-state index is -3.25. The molecule has 22 heavy (non-hydrogen) atoms. The molecule has 0 saturated carbocycles. The Kier molecular flexibility index (Phi) is 4.74. The maximum absolute atomic E-state index is 11.5. The van der Waals surface area contributed by atoms with Crippen LogP contribution in [0.2, 0.25) is 0 Å². The van der Waals surface area contributed by atoms with Crippen molar-refractivity contribution in [3.8, 4) is 6.07 Å². The van der Waals surface area contributed by atoms with Gasteiger partial charge >= 0.3 is 0 Å². The molecule has 2 rings (SSSR count). The molecule has 0 aliphatic heterocycles. The van der Waals surface area contributed by atoms with Gasteiger partial charge in [0, 0.05) is 18.6 Å². The summed E-state index contributed by atoms with van der Waals surface area (Å²) in [6.45, 7) is 0. The predicted molar refractivity (Wildman–Crippen MR) is 83.2 cm³/mol. The van der Waals surface area contributed by atoms with Crippen LogP contribution in [0.25, 0.3) is 0 Å². The molecule has 5 heteroatoms. The Labute approximate surface area is 129 Å². The zero-order valence-corrected chi connectivity index (χ0v) is 12.9. The van der Waals surface area contributed by atoms with Crippen LogP contribution in [0.5, 0.6) is 0 Å². The van der Waals surface area contributed by atoms with Gasteiger partial charge in [-0.15, -0.1) is 0 Å². The summed E-state index contributed by atoms with van der Waals surface area (Å²) in [5.41, 5.74) is 2.23. The van der Waals surface area contributed by atoms with Crippen LogP contribution in [0.3, 0.4) is 0 Å². The third-order valence-electron chi connectivity index (χ3n) is 3.46. The summed E-state index contributed by atoms with van der Waals surface area (Å²) in [6, 6.07) is 15.7. The maximum Gasteiger partial charge on any atom is 0.175 e. The van der Waals surface area contributed by atoms with E-state index in [1.54, 1.807) is 30.3 Å². The molecule has 0 heterocycles. The Balaban J connectivity index is 2.43. The third-order valence-corrected chi connectivity index (χ3v) is 4.59. The first-order valence-corrected chi connectivity index (χ1v) is 8.58. The summed E-state index contributed by atoms with van der Waals surface area (Å²) in [5, 5.41) is 8.98. The fourth-order valence-corrected chi connectivity index (χ4v) is 2.96. The fraction of sp³-hybridized carbons (Fsp3) is 0.176. The SMILES string of the molecule is CS(=O)(=O)c1ccc([C@@H](CC=O)c2cccc(C#N)c2)cc1. The molecule has 2 aromatic rings. The molecule has 4 nitrogen and oxygen atoms in total. The highest BCUT2D eigenvalue weighted by molar-refractivity contribution is 7.90. The smallest absolute Gasteiger partial charge is 0.175 e. The average molecular weight is 313 g/mol. The molecule has 0 aliphatic rings. The van der Waals surface area contributed by atoms with Gasteiger partial charge in [0.1, 0.15) is 6.29 Å². The molecular formula is C17H15NO3S. The Morgan fingerprint density at radius 1 is 1.14 bits per heavy atom. The average Bonchev–Trinajstić information content (AvgIpc) is 2.52. The molecule has 112 valence electrons. The van der Waals surface area contributed by atoms with Gasteiger partial charge in [-0.2, -0.15) is 5.26 Å². The highest BCUT2D eigenvalue weighted by atomic mass is 32.2. The zero-order chi connectivity index (χ0) is 16.2. The molecule has 0 unspecified atom stereocenters. The first-order valence-electron chi connectivity index (χ1n) is 6.69. The monoisotopic (exact) mass is 313 g/mol. The van der Waals surface area contributed by atoms with E-state index in [0.717, 1.165) is 23.7 Å². The number of benzene rings is 2. The zero-order valence-electron chi connectivity index (χ0n) is 12.1. The Morgan fingerprint density at radius 3 is 2.36 bits per heavy atom. The lowest BCUT2D eigenvalue weighted by atomic mass is 9.88. The van der Waals surface area contributed by atoms with Gasteiger partial charge in [-0.1, -0.05) is 24.3 Å². The summed E-state index contributed by atoms with van der Waals surface area (Å²) in [7, 11) is -3.25. The second-order valence-corrected chi connectivity index (χ2v) is 7.05. The molecule has 0 N–H and O–H groups in total. The van der Waals surface area contributed by atoms with E-state index in [4.69, 9.17) is 5.26 Å². The number of nitriles is 1. The second kappa shape index (κ2) is 6.54. The number of carbonyl (C=O) groups is 1. The summed E-state index contributed by atoms with van der Waals surface area (Å²) in [5.74, 6) is -0.195. The second-order valence-electron chi connectivity index (χ2n) is 5.03. The number of aldehydes is 1. The van der Waals surface area contributed by atoms with E-state index in [1.807, 2.05) is 6.07 Å². The molecular weight excluding hydrogens is 298 g/mol. The van der Waals surface area contributed by atoms with Gasteiger partial charge < -0.3 is 4.79 Å². The fourth-order valence-electron chi connectivity index (χ4n) is 2.33. The molecule has 0 radical (unpaired) electrons. The lowest BCUT2D eigenvalue weighted by Crippen LogP contribution is -2.04. The standard InChI is InChI=1S/C17H15NO3S/c1-22(20,21)16-7-5-14(6-8-16)17(9-10-19)15-4-2-3-13(11-15)12-18/h2-8,10-11,17H,9H2,1H3/t17-/m1/s1. The highest BCUT2D eigenvalue weighted by Crippen LogP contribution is 2.28. The van der Waals surface area contributed by atoms with E-state index < -0.39 is 9.84 Å². The Bertz CT molecular complexity index is 818. The number of carbonyl (C=O) groups excluding carboxylic acids is 1. The van der Waals surface area contributed by atoms with Crippen LogP contribution in [0.15, 0.2) is 53.4 Å². The van der Waals surface area contributed by atoms with Crippen LogP contribution in [-0.4, -0.2) is 21.0 Å². The van der Waals surface area contributed by atoms with Gasteiger partial charge in [0.15, 0.2) is 9.84 Å². The van der Waals surface area contributed by atoms with Gasteiger partial charge in [-0.05, 0) is 35.4 Å². The van der Waals surface area contributed by atoms with Crippen molar-refractivity contribution < 1.29 is 13.2 Å². The van der Waals surface area contributed by atoms with Crippen LogP contribution in [0, 0.1) is 11.3 Å². The minimum Gasteiger partial charge on any atom is -0.303 e. The van der Waals surface area contributed by atoms with Crippen LogP contribution in [0.1, 0.15) is 29.0 Å². The largest absolute Gasteiger partial charge is 0.303 e. The molecule has 0 spiro atoms. The molecule has 0 aliphatic carbocycles. The third kappa shape index (κ3) is 3.60. The summed E-state index contributed by atoms with van der Waals surface area (Å²) >= 11 is 0. The van der Waals surface area contributed by atoms with E-state index in [0.29, 0.717) is 5.56 Å². The van der Waals surface area contributed by atoms with Crippen molar-refractivity contribution in [1.29, 1.82) is 5.26 Å². The van der Waals surface area contributed by atoms with E-state index >= 15 is 0 Å². The minimum absolute atomic E-state index is 0.195. The van der Waals surface area contributed by atoms with Gasteiger partial charge in [-0.3, -0.25) is 0 Å². The topological polar surface area (TPSA) is 75.0 Å². The number of sulfone groups is 1. The van der Waals surface area contributed by atoms with Crippen molar-refractivity contribution in [2.45, 2.75) is 17.2 Å². The van der Waals surface area contributed by atoms with E-state index in [1.165, 1.54) is 12.1 Å². The van der Waals surface area contributed by atoms with Crippen molar-refractivity contribution in [3.63, 3.8) is 0 Å². The molecule has 0 saturated heterocycles. The number of hydrogen-bond acceptors (Lipinski definition) is 4. The summed E-state index contributed by atoms with van der Waals surface area (Å²) < 4.78 is 23.0. The Morgan fingerprint density at radius 2 is 1.82 bits per heavy atom. The van der Waals surface area contributed by atoms with Crippen molar-refractivity contribution >= 4 is 16.1 Å². The normalized spacial score (nSPS) is 12.4. The highest BCUT2D eigenvalue weighted by Gasteiger charge is 2.15. The first kappa shape index (κ1) is 15.9. The number of rotatable bonds is 5. The summed E-state index contributed by atoms with van der Waals surface area (Å²) in [6.07, 6.45) is 2.25. The van der Waals surface area contributed by atoms with Crippen molar-refractivity contribution in [2.75, 3.05) is 6.26 Å². The molecule has 0 fully saturated rings. The molecule has 0 aromatic heterocycles. The molecule has 1 atom stereocenters.